The van der Waals surface area contributed by atoms with Gasteiger partial charge in [-0.1, -0.05) is 38.9 Å². The molecule has 0 amide bonds. The van der Waals surface area contributed by atoms with Crippen molar-refractivity contribution < 1.29 is 9.63 Å². The highest BCUT2D eigenvalue weighted by Gasteiger charge is 2.23. The zero-order valence-corrected chi connectivity index (χ0v) is 12.4. The van der Waals surface area contributed by atoms with Crippen LogP contribution in [0.1, 0.15) is 44.7 Å². The number of nitrogens with two attached hydrogens (primary N) is 1. The van der Waals surface area contributed by atoms with Crippen molar-refractivity contribution in [3.63, 3.8) is 0 Å². The first-order valence-corrected chi connectivity index (χ1v) is 6.76. The summed E-state index contributed by atoms with van der Waals surface area (Å²) in [5.41, 5.74) is 7.92. The molecule has 5 heteroatoms. The minimum atomic E-state index is -0.162. The fourth-order valence-corrected chi connectivity index (χ4v) is 2.09. The monoisotopic (exact) mass is 275 g/mol. The Morgan fingerprint density at radius 3 is 2.50 bits per heavy atom. The van der Waals surface area contributed by atoms with Gasteiger partial charge in [-0.3, -0.25) is 0 Å². The molecule has 0 aliphatic rings. The summed E-state index contributed by atoms with van der Waals surface area (Å²) in [4.78, 5) is 4.20. The van der Waals surface area contributed by atoms with Crippen molar-refractivity contribution in [3.05, 3.63) is 29.2 Å². The molecular weight excluding hydrogens is 254 g/mol. The van der Waals surface area contributed by atoms with Gasteiger partial charge in [0.2, 0.25) is 11.7 Å². The van der Waals surface area contributed by atoms with E-state index in [-0.39, 0.29) is 17.7 Å². The van der Waals surface area contributed by atoms with Crippen molar-refractivity contribution in [1.29, 1.82) is 0 Å². The lowest BCUT2D eigenvalue weighted by Gasteiger charge is -2.22. The Morgan fingerprint density at radius 1 is 1.30 bits per heavy atom. The fourth-order valence-electron chi connectivity index (χ4n) is 2.09. The minimum absolute atomic E-state index is 0.162. The van der Waals surface area contributed by atoms with E-state index in [2.05, 4.69) is 37.8 Å². The third-order valence-corrected chi connectivity index (χ3v) is 3.27. The van der Waals surface area contributed by atoms with Crippen molar-refractivity contribution in [3.8, 4) is 17.1 Å². The third-order valence-electron chi connectivity index (χ3n) is 3.27. The quantitative estimate of drug-likeness (QED) is 0.899. The van der Waals surface area contributed by atoms with Crippen LogP contribution in [0.4, 0.5) is 0 Å². The summed E-state index contributed by atoms with van der Waals surface area (Å²) in [7, 11) is 0. The highest BCUT2D eigenvalue weighted by molar-refractivity contribution is 5.68. The summed E-state index contributed by atoms with van der Waals surface area (Å²) in [6.07, 6.45) is 0.873. The van der Waals surface area contributed by atoms with Gasteiger partial charge in [0.05, 0.1) is 12.1 Å². The second kappa shape index (κ2) is 5.25. The van der Waals surface area contributed by atoms with Crippen molar-refractivity contribution in [1.82, 2.24) is 10.1 Å². The largest absolute Gasteiger partial charge is 0.507 e. The van der Waals surface area contributed by atoms with Crippen LogP contribution in [0.2, 0.25) is 0 Å². The predicted octanol–water partition coefficient (Wildman–Crippen LogP) is 2.76. The van der Waals surface area contributed by atoms with Crippen LogP contribution in [-0.2, 0) is 18.4 Å². The van der Waals surface area contributed by atoms with Crippen molar-refractivity contribution in [2.45, 2.75) is 46.1 Å². The lowest BCUT2D eigenvalue weighted by Crippen LogP contribution is -2.12. The normalized spacial score (nSPS) is 11.8. The Kier molecular flexibility index (Phi) is 3.81. The van der Waals surface area contributed by atoms with E-state index in [0.29, 0.717) is 17.3 Å². The second-order valence-corrected chi connectivity index (χ2v) is 5.86. The Morgan fingerprint density at radius 2 is 2.00 bits per heavy atom. The molecule has 0 atom stereocenters. The van der Waals surface area contributed by atoms with Gasteiger partial charge < -0.3 is 15.4 Å². The van der Waals surface area contributed by atoms with Crippen LogP contribution in [0.25, 0.3) is 11.4 Å². The van der Waals surface area contributed by atoms with Crippen LogP contribution in [0.15, 0.2) is 16.7 Å². The number of hydrogen-bond acceptors (Lipinski definition) is 5. The van der Waals surface area contributed by atoms with E-state index in [1.807, 2.05) is 12.1 Å². The first kappa shape index (κ1) is 14.5. The number of rotatable bonds is 3. The summed E-state index contributed by atoms with van der Waals surface area (Å²) in [5.74, 6) is 0.946. The molecule has 5 nitrogen and oxygen atoms in total. The van der Waals surface area contributed by atoms with Gasteiger partial charge in [0, 0.05) is 5.56 Å². The molecule has 0 bridgehead atoms. The van der Waals surface area contributed by atoms with E-state index in [9.17, 15) is 5.11 Å². The first-order valence-electron chi connectivity index (χ1n) is 6.76. The van der Waals surface area contributed by atoms with Gasteiger partial charge in [-0.25, -0.2) is 0 Å². The Balaban J connectivity index is 2.63. The maximum Gasteiger partial charge on any atom is 0.240 e. The molecule has 2 rings (SSSR count). The minimum Gasteiger partial charge on any atom is -0.507 e. The van der Waals surface area contributed by atoms with E-state index in [1.165, 1.54) is 0 Å². The standard InChI is InChI=1S/C15H21N3O2/c1-5-9-6-10(14-17-12(8-16)20-18-14)13(19)11(7-9)15(2,3)4/h6-7,19H,5,8,16H2,1-4H3. The molecule has 3 N–H and O–H groups in total. The molecular formula is C15H21N3O2. The van der Waals surface area contributed by atoms with Crippen LogP contribution in [-0.4, -0.2) is 15.2 Å². The third kappa shape index (κ3) is 2.67. The lowest BCUT2D eigenvalue weighted by molar-refractivity contribution is 0.380. The average molecular weight is 275 g/mol. The van der Waals surface area contributed by atoms with Crippen LogP contribution in [0, 0.1) is 0 Å². The highest BCUT2D eigenvalue weighted by Crippen LogP contribution is 2.38. The molecule has 0 fully saturated rings. The molecule has 1 heterocycles. The van der Waals surface area contributed by atoms with E-state index in [0.717, 1.165) is 17.5 Å². The van der Waals surface area contributed by atoms with Gasteiger partial charge in [0.1, 0.15) is 5.75 Å². The molecule has 0 radical (unpaired) electrons. The summed E-state index contributed by atoms with van der Waals surface area (Å²) >= 11 is 0. The van der Waals surface area contributed by atoms with Crippen LogP contribution < -0.4 is 5.73 Å². The molecule has 0 aliphatic carbocycles. The maximum atomic E-state index is 10.5. The smallest absolute Gasteiger partial charge is 0.240 e. The number of aromatic hydroxyl groups is 1. The number of phenolic OH excluding ortho intramolecular Hbond substituents is 1. The Labute approximate surface area is 118 Å². The molecule has 2 aromatic rings. The van der Waals surface area contributed by atoms with Crippen LogP contribution in [0.3, 0.4) is 0 Å². The highest BCUT2D eigenvalue weighted by atomic mass is 16.5. The molecule has 0 aliphatic heterocycles. The topological polar surface area (TPSA) is 85.2 Å². The van der Waals surface area contributed by atoms with Gasteiger partial charge in [-0.05, 0) is 23.5 Å². The van der Waals surface area contributed by atoms with Crippen LogP contribution >= 0.6 is 0 Å². The predicted molar refractivity (Wildman–Crippen MR) is 77.4 cm³/mol. The van der Waals surface area contributed by atoms with E-state index in [4.69, 9.17) is 10.3 Å². The van der Waals surface area contributed by atoms with Crippen molar-refractivity contribution >= 4 is 0 Å². The second-order valence-electron chi connectivity index (χ2n) is 5.86. The number of phenols is 1. The van der Waals surface area contributed by atoms with Gasteiger partial charge in [-0.2, -0.15) is 4.98 Å². The fraction of sp³-hybridized carbons (Fsp3) is 0.467. The number of nitrogens with zero attached hydrogens (tertiary/aromatic N) is 2. The molecule has 108 valence electrons. The molecule has 0 saturated heterocycles. The summed E-state index contributed by atoms with van der Waals surface area (Å²) < 4.78 is 5.02. The Bertz CT molecular complexity index is 612. The van der Waals surface area contributed by atoms with Crippen LogP contribution in [0.5, 0.6) is 5.75 Å². The van der Waals surface area contributed by atoms with Crippen molar-refractivity contribution in [2.24, 2.45) is 5.73 Å². The molecule has 0 saturated carbocycles. The van der Waals surface area contributed by atoms with E-state index < -0.39 is 0 Å². The number of aromatic nitrogens is 2. The van der Waals surface area contributed by atoms with Gasteiger partial charge in [0.15, 0.2) is 0 Å². The summed E-state index contributed by atoms with van der Waals surface area (Å²) in [6.45, 7) is 8.45. The summed E-state index contributed by atoms with van der Waals surface area (Å²) in [5, 5.41) is 14.4. The number of benzene rings is 1. The first-order chi connectivity index (χ1) is 9.36. The maximum absolute atomic E-state index is 10.5. The zero-order chi connectivity index (χ0) is 14.9. The SMILES string of the molecule is CCc1cc(-c2noc(CN)n2)c(O)c(C(C)(C)C)c1. The Hall–Kier alpha value is -1.88. The molecule has 1 aromatic carbocycles. The van der Waals surface area contributed by atoms with Gasteiger partial charge in [0.25, 0.3) is 0 Å². The molecule has 1 aromatic heterocycles. The van der Waals surface area contributed by atoms with Crippen molar-refractivity contribution in [2.75, 3.05) is 0 Å². The zero-order valence-electron chi connectivity index (χ0n) is 12.4. The summed E-state index contributed by atoms with van der Waals surface area (Å²) in [6, 6.07) is 3.93. The van der Waals surface area contributed by atoms with Gasteiger partial charge >= 0.3 is 0 Å². The van der Waals surface area contributed by atoms with E-state index >= 15 is 0 Å². The van der Waals surface area contributed by atoms with E-state index in [1.54, 1.807) is 0 Å². The van der Waals surface area contributed by atoms with Gasteiger partial charge in [-0.15, -0.1) is 0 Å². The lowest BCUT2D eigenvalue weighted by atomic mass is 9.83. The average Bonchev–Trinajstić information content (AvgIpc) is 2.86. The number of hydrogen-bond donors (Lipinski definition) is 2. The number of aryl methyl sites for hydroxylation is 1. The molecule has 20 heavy (non-hydrogen) atoms. The molecule has 0 unspecified atom stereocenters. The molecule has 0 spiro atoms.